The summed E-state index contributed by atoms with van der Waals surface area (Å²) in [6, 6.07) is 9.58. The molecule has 0 atom stereocenters. The van der Waals surface area contributed by atoms with Crippen LogP contribution >= 0.6 is 0 Å². The van der Waals surface area contributed by atoms with Crippen molar-refractivity contribution >= 4 is 9.84 Å². The molecule has 0 radical (unpaired) electrons. The minimum atomic E-state index is -3.67. The first-order chi connectivity index (χ1) is 9.95. The van der Waals surface area contributed by atoms with E-state index in [1.54, 1.807) is 0 Å². The highest BCUT2D eigenvalue weighted by molar-refractivity contribution is 7.91. The first-order valence-electron chi connectivity index (χ1n) is 6.42. The molecule has 2 N–H and O–H groups in total. The summed E-state index contributed by atoms with van der Waals surface area (Å²) < 4.78 is 25.0. The van der Waals surface area contributed by atoms with Crippen molar-refractivity contribution in [2.24, 2.45) is 0 Å². The standard InChI is InChI=1S/C16H16O4S/c1-2-3-4-12-11-15(9-10-16(12)18)21(19,20)14-7-5-13(17)6-8-14/h2-3,5-11,17-18H,4H2,1H3. The van der Waals surface area contributed by atoms with E-state index in [0.29, 0.717) is 12.0 Å². The first-order valence-corrected chi connectivity index (χ1v) is 7.90. The van der Waals surface area contributed by atoms with Crippen LogP contribution in [0.15, 0.2) is 64.4 Å². The van der Waals surface area contributed by atoms with Crippen molar-refractivity contribution in [3.05, 3.63) is 60.2 Å². The average Bonchev–Trinajstić information content (AvgIpc) is 2.46. The molecular formula is C16H16O4S. The Labute approximate surface area is 123 Å². The predicted octanol–water partition coefficient (Wildman–Crippen LogP) is 3.05. The second kappa shape index (κ2) is 6.01. The summed E-state index contributed by atoms with van der Waals surface area (Å²) in [7, 11) is -3.67. The fraction of sp³-hybridized carbons (Fsp3) is 0.125. The second-order valence-corrected chi connectivity index (χ2v) is 6.51. The van der Waals surface area contributed by atoms with Crippen LogP contribution in [0.25, 0.3) is 0 Å². The number of sulfone groups is 1. The normalized spacial score (nSPS) is 11.9. The maximum absolute atomic E-state index is 12.5. The molecule has 0 saturated heterocycles. The zero-order chi connectivity index (χ0) is 15.5. The van der Waals surface area contributed by atoms with Gasteiger partial charge < -0.3 is 10.2 Å². The van der Waals surface area contributed by atoms with E-state index < -0.39 is 9.84 Å². The van der Waals surface area contributed by atoms with Crippen molar-refractivity contribution in [2.45, 2.75) is 23.1 Å². The third kappa shape index (κ3) is 3.25. The Morgan fingerprint density at radius 2 is 1.62 bits per heavy atom. The Hall–Kier alpha value is -2.27. The third-order valence-corrected chi connectivity index (χ3v) is 4.85. The molecule has 0 spiro atoms. The number of aromatic hydroxyl groups is 2. The van der Waals surface area contributed by atoms with E-state index in [-0.39, 0.29) is 21.3 Å². The summed E-state index contributed by atoms with van der Waals surface area (Å²) >= 11 is 0. The van der Waals surface area contributed by atoms with Crippen LogP contribution in [0.5, 0.6) is 11.5 Å². The smallest absolute Gasteiger partial charge is 0.206 e. The largest absolute Gasteiger partial charge is 0.508 e. The van der Waals surface area contributed by atoms with E-state index in [1.165, 1.54) is 42.5 Å². The van der Waals surface area contributed by atoms with Gasteiger partial charge in [-0.2, -0.15) is 0 Å². The topological polar surface area (TPSA) is 74.6 Å². The highest BCUT2D eigenvalue weighted by atomic mass is 32.2. The summed E-state index contributed by atoms with van der Waals surface area (Å²) in [5.41, 5.74) is 0.549. The lowest BCUT2D eigenvalue weighted by atomic mass is 10.1. The van der Waals surface area contributed by atoms with E-state index >= 15 is 0 Å². The molecule has 0 fully saturated rings. The molecule has 0 aliphatic carbocycles. The molecule has 0 amide bonds. The van der Waals surface area contributed by atoms with Gasteiger partial charge in [0.15, 0.2) is 0 Å². The van der Waals surface area contributed by atoms with Gasteiger partial charge in [0, 0.05) is 0 Å². The van der Waals surface area contributed by atoms with E-state index in [1.807, 2.05) is 19.1 Å². The van der Waals surface area contributed by atoms with Crippen molar-refractivity contribution in [3.8, 4) is 11.5 Å². The summed E-state index contributed by atoms with van der Waals surface area (Å²) in [6.07, 6.45) is 4.13. The maximum Gasteiger partial charge on any atom is 0.206 e. The average molecular weight is 304 g/mol. The van der Waals surface area contributed by atoms with Gasteiger partial charge >= 0.3 is 0 Å². The fourth-order valence-electron chi connectivity index (χ4n) is 1.90. The molecular weight excluding hydrogens is 288 g/mol. The zero-order valence-electron chi connectivity index (χ0n) is 11.5. The van der Waals surface area contributed by atoms with Gasteiger partial charge in [0.05, 0.1) is 9.79 Å². The van der Waals surface area contributed by atoms with Crippen molar-refractivity contribution in [1.29, 1.82) is 0 Å². The lowest BCUT2D eigenvalue weighted by Gasteiger charge is -2.08. The second-order valence-electron chi connectivity index (χ2n) is 4.56. The van der Waals surface area contributed by atoms with E-state index in [4.69, 9.17) is 0 Å². The van der Waals surface area contributed by atoms with Gasteiger partial charge in [-0.1, -0.05) is 12.2 Å². The number of phenolic OH excluding ortho intramolecular Hbond substituents is 2. The molecule has 2 aromatic carbocycles. The molecule has 0 saturated carbocycles. The van der Waals surface area contributed by atoms with Crippen LogP contribution in [0.4, 0.5) is 0 Å². The molecule has 0 aliphatic rings. The number of hydrogen-bond donors (Lipinski definition) is 2. The minimum absolute atomic E-state index is 0.00780. The van der Waals surface area contributed by atoms with Gasteiger partial charge in [0.2, 0.25) is 9.84 Å². The molecule has 5 heteroatoms. The van der Waals surface area contributed by atoms with Crippen LogP contribution in [0, 0.1) is 0 Å². The van der Waals surface area contributed by atoms with Crippen molar-refractivity contribution in [3.63, 3.8) is 0 Å². The molecule has 0 bridgehead atoms. The number of hydrogen-bond acceptors (Lipinski definition) is 4. The van der Waals surface area contributed by atoms with Crippen LogP contribution in [-0.4, -0.2) is 18.6 Å². The van der Waals surface area contributed by atoms with Gasteiger partial charge in [-0.3, -0.25) is 0 Å². The molecule has 0 aromatic heterocycles. The lowest BCUT2D eigenvalue weighted by molar-refractivity contribution is 0.469. The zero-order valence-corrected chi connectivity index (χ0v) is 12.3. The van der Waals surface area contributed by atoms with E-state index in [9.17, 15) is 18.6 Å². The molecule has 2 rings (SSSR count). The minimum Gasteiger partial charge on any atom is -0.508 e. The highest BCUT2D eigenvalue weighted by Gasteiger charge is 2.18. The Morgan fingerprint density at radius 1 is 1.00 bits per heavy atom. The quantitative estimate of drug-likeness (QED) is 0.851. The number of benzene rings is 2. The van der Waals surface area contributed by atoms with Crippen LogP contribution in [-0.2, 0) is 16.3 Å². The van der Waals surface area contributed by atoms with Crippen LogP contribution in [0.2, 0.25) is 0 Å². The van der Waals surface area contributed by atoms with Gasteiger partial charge in [-0.15, -0.1) is 0 Å². The fourth-order valence-corrected chi connectivity index (χ4v) is 3.21. The van der Waals surface area contributed by atoms with Crippen molar-refractivity contribution < 1.29 is 18.6 Å². The summed E-state index contributed by atoms with van der Waals surface area (Å²) in [5, 5.41) is 19.0. The van der Waals surface area contributed by atoms with Crippen LogP contribution in [0.1, 0.15) is 12.5 Å². The molecule has 4 nitrogen and oxygen atoms in total. The SMILES string of the molecule is CC=CCc1cc(S(=O)(=O)c2ccc(O)cc2)ccc1O. The molecule has 2 aromatic rings. The van der Waals surface area contributed by atoms with Crippen molar-refractivity contribution in [1.82, 2.24) is 0 Å². The summed E-state index contributed by atoms with van der Waals surface area (Å²) in [6.45, 7) is 1.86. The van der Waals surface area contributed by atoms with E-state index in [0.717, 1.165) is 0 Å². The first kappa shape index (κ1) is 15.1. The summed E-state index contributed by atoms with van der Waals surface area (Å²) in [4.78, 5) is 0.216. The molecule has 21 heavy (non-hydrogen) atoms. The van der Waals surface area contributed by atoms with Crippen LogP contribution in [0.3, 0.4) is 0 Å². The van der Waals surface area contributed by atoms with Crippen LogP contribution < -0.4 is 0 Å². The van der Waals surface area contributed by atoms with Gasteiger partial charge in [-0.25, -0.2) is 8.42 Å². The summed E-state index contributed by atoms with van der Waals surface area (Å²) in [5.74, 6) is 0.0752. The van der Waals surface area contributed by atoms with Gasteiger partial charge in [-0.05, 0) is 61.4 Å². The van der Waals surface area contributed by atoms with E-state index in [2.05, 4.69) is 0 Å². The third-order valence-electron chi connectivity index (χ3n) is 3.08. The number of allylic oxidation sites excluding steroid dienone is 2. The van der Waals surface area contributed by atoms with Gasteiger partial charge in [0.25, 0.3) is 0 Å². The molecule has 0 heterocycles. The Morgan fingerprint density at radius 3 is 2.24 bits per heavy atom. The number of phenols is 2. The Kier molecular flexibility index (Phi) is 4.33. The monoisotopic (exact) mass is 304 g/mol. The molecule has 110 valence electrons. The predicted molar refractivity (Wildman–Crippen MR) is 80.2 cm³/mol. The Bertz CT molecular complexity index is 759. The molecule has 0 aliphatic heterocycles. The Balaban J connectivity index is 2.47. The maximum atomic E-state index is 12.5. The van der Waals surface area contributed by atoms with Gasteiger partial charge in [0.1, 0.15) is 11.5 Å². The highest BCUT2D eigenvalue weighted by Crippen LogP contribution is 2.27. The van der Waals surface area contributed by atoms with Crippen molar-refractivity contribution in [2.75, 3.05) is 0 Å². The molecule has 0 unspecified atom stereocenters. The number of rotatable bonds is 4. The lowest BCUT2D eigenvalue weighted by Crippen LogP contribution is -2.02.